The summed E-state index contributed by atoms with van der Waals surface area (Å²) in [7, 11) is 3.21. The van der Waals surface area contributed by atoms with Crippen LogP contribution >= 0.6 is 11.8 Å². The number of rotatable bonds is 14. The van der Waals surface area contributed by atoms with Crippen molar-refractivity contribution in [2.24, 2.45) is 11.8 Å². The van der Waals surface area contributed by atoms with Crippen LogP contribution in [-0.2, 0) is 20.9 Å². The average Bonchev–Trinajstić information content (AvgIpc) is 3.50. The standard InChI is InChI=1S/C44H41NO9S/c1-7-18-52-44(48)41-38(55-43-39(25(2)3)42(47)45(41)43)9-8-19-51-34-17-10-27(21-37(34)50-6)24-53-30-13-16-33-36(23-30)54-35-22-28(46)11-14-32(35)40(33)31-15-12-29(49-5)20-26(31)4/h7-17,20-23,25,39,43H,1,18-19,24H2,2-6H3/b9-8+/t39-,43+/m0/s1. The molecule has 0 radical (unpaired) electrons. The Balaban J connectivity index is 1.06. The number of amides is 1. The highest BCUT2D eigenvalue weighted by molar-refractivity contribution is 8.04. The molecule has 55 heavy (non-hydrogen) atoms. The fraction of sp³-hybridized carbons (Fsp3) is 0.250. The topological polar surface area (TPSA) is 114 Å². The summed E-state index contributed by atoms with van der Waals surface area (Å²) in [5.41, 5.74) is 5.39. The highest BCUT2D eigenvalue weighted by Crippen LogP contribution is 2.52. The Labute approximate surface area is 323 Å². The Bertz CT molecular complexity index is 2390. The van der Waals surface area contributed by atoms with Crippen LogP contribution in [0, 0.1) is 18.8 Å². The first-order valence-electron chi connectivity index (χ1n) is 17.9. The van der Waals surface area contributed by atoms with Crippen LogP contribution in [0.2, 0.25) is 0 Å². The Morgan fingerprint density at radius 2 is 1.71 bits per heavy atom. The van der Waals surface area contributed by atoms with E-state index in [2.05, 4.69) is 6.58 Å². The van der Waals surface area contributed by atoms with Crippen LogP contribution in [-0.4, -0.2) is 49.6 Å². The van der Waals surface area contributed by atoms with Crippen LogP contribution in [0.1, 0.15) is 25.0 Å². The van der Waals surface area contributed by atoms with Crippen molar-refractivity contribution < 1.29 is 37.7 Å². The van der Waals surface area contributed by atoms with E-state index in [1.54, 1.807) is 43.4 Å². The first kappa shape index (κ1) is 37.4. The molecule has 1 aliphatic carbocycles. The lowest BCUT2D eigenvalue weighted by Crippen LogP contribution is -2.59. The maximum Gasteiger partial charge on any atom is 0.356 e. The van der Waals surface area contributed by atoms with E-state index in [1.807, 2.05) is 75.4 Å². The molecule has 3 aromatic rings. The van der Waals surface area contributed by atoms with E-state index in [0.717, 1.165) is 39.0 Å². The highest BCUT2D eigenvalue weighted by Gasteiger charge is 2.56. The van der Waals surface area contributed by atoms with E-state index in [4.69, 9.17) is 28.1 Å². The molecule has 3 aromatic carbocycles. The number of hydrogen-bond donors (Lipinski definition) is 0. The second kappa shape index (κ2) is 15.8. The Kier molecular flexibility index (Phi) is 10.7. The summed E-state index contributed by atoms with van der Waals surface area (Å²) in [6.45, 7) is 10.1. The predicted octanol–water partition coefficient (Wildman–Crippen LogP) is 8.53. The van der Waals surface area contributed by atoms with Gasteiger partial charge >= 0.3 is 5.97 Å². The van der Waals surface area contributed by atoms with E-state index in [-0.39, 0.29) is 54.1 Å². The lowest BCUT2D eigenvalue weighted by Gasteiger charge is -2.44. The summed E-state index contributed by atoms with van der Waals surface area (Å²) in [4.78, 5) is 40.3. The minimum absolute atomic E-state index is 0.0555. The largest absolute Gasteiger partial charge is 0.497 e. The van der Waals surface area contributed by atoms with Gasteiger partial charge in [-0.2, -0.15) is 0 Å². The van der Waals surface area contributed by atoms with E-state index in [9.17, 15) is 14.4 Å². The van der Waals surface area contributed by atoms with Gasteiger partial charge in [0.1, 0.15) is 48.4 Å². The maximum atomic E-state index is 12.9. The number of carbonyl (C=O) groups excluding carboxylic acids is 2. The molecule has 2 atom stereocenters. The summed E-state index contributed by atoms with van der Waals surface area (Å²) in [6, 6.07) is 22.1. The molecular weight excluding hydrogens is 719 g/mol. The molecule has 11 heteroatoms. The summed E-state index contributed by atoms with van der Waals surface area (Å²) < 4.78 is 34.9. The monoisotopic (exact) mass is 759 g/mol. The van der Waals surface area contributed by atoms with E-state index < -0.39 is 5.97 Å². The quantitative estimate of drug-likeness (QED) is 0.0473. The lowest BCUT2D eigenvalue weighted by atomic mass is 9.86. The molecule has 10 nitrogen and oxygen atoms in total. The molecule has 1 amide bonds. The number of thioether (sulfide) groups is 1. The number of hydrogen-bond acceptors (Lipinski definition) is 10. The van der Waals surface area contributed by atoms with Gasteiger partial charge in [-0.15, -0.1) is 0 Å². The number of methoxy groups -OCH3 is 2. The summed E-state index contributed by atoms with van der Waals surface area (Å²) in [5.74, 6) is 2.28. The molecule has 1 fully saturated rings. The minimum Gasteiger partial charge on any atom is -0.497 e. The number of fused-ring (bicyclic) bond motifs is 3. The van der Waals surface area contributed by atoms with Crippen LogP contribution in [0.15, 0.2) is 117 Å². The number of allylic oxidation sites excluding steroid dienone is 1. The van der Waals surface area contributed by atoms with E-state index in [0.29, 0.717) is 33.5 Å². The van der Waals surface area contributed by atoms with Crippen molar-refractivity contribution in [3.8, 4) is 45.4 Å². The number of carbonyl (C=O) groups is 2. The van der Waals surface area contributed by atoms with Gasteiger partial charge in [-0.1, -0.05) is 50.4 Å². The first-order chi connectivity index (χ1) is 26.6. The van der Waals surface area contributed by atoms with Crippen molar-refractivity contribution in [3.63, 3.8) is 0 Å². The van der Waals surface area contributed by atoms with Crippen LogP contribution in [0.25, 0.3) is 33.4 Å². The van der Waals surface area contributed by atoms with Crippen LogP contribution in [0.4, 0.5) is 0 Å². The number of nitrogens with zero attached hydrogens (tertiary/aromatic N) is 1. The second-order valence-corrected chi connectivity index (χ2v) is 14.7. The molecule has 0 unspecified atom stereocenters. The van der Waals surface area contributed by atoms with Gasteiger partial charge in [-0.05, 0) is 90.2 Å². The van der Waals surface area contributed by atoms with E-state index in [1.165, 1.54) is 23.9 Å². The molecule has 0 aromatic heterocycles. The van der Waals surface area contributed by atoms with Gasteiger partial charge in [0, 0.05) is 33.6 Å². The van der Waals surface area contributed by atoms with Gasteiger partial charge < -0.3 is 28.1 Å². The van der Waals surface area contributed by atoms with Crippen molar-refractivity contribution in [3.05, 3.63) is 130 Å². The maximum absolute atomic E-state index is 12.9. The van der Waals surface area contributed by atoms with Gasteiger partial charge in [0.25, 0.3) is 0 Å². The Hall–Kier alpha value is -5.94. The first-order valence-corrected chi connectivity index (χ1v) is 18.8. The molecule has 0 saturated carbocycles. The van der Waals surface area contributed by atoms with Crippen molar-refractivity contribution >= 4 is 34.6 Å². The third-order valence-corrected chi connectivity index (χ3v) is 11.0. The summed E-state index contributed by atoms with van der Waals surface area (Å²) >= 11 is 1.49. The average molecular weight is 760 g/mol. The van der Waals surface area contributed by atoms with E-state index >= 15 is 0 Å². The smallest absolute Gasteiger partial charge is 0.356 e. The van der Waals surface area contributed by atoms with Gasteiger partial charge in [-0.3, -0.25) is 14.5 Å². The van der Waals surface area contributed by atoms with Crippen molar-refractivity contribution in [2.45, 2.75) is 32.8 Å². The highest BCUT2D eigenvalue weighted by atomic mass is 32.2. The lowest BCUT2D eigenvalue weighted by molar-refractivity contribution is -0.155. The molecule has 282 valence electrons. The molecule has 0 bridgehead atoms. The zero-order valence-corrected chi connectivity index (χ0v) is 32.1. The van der Waals surface area contributed by atoms with Crippen molar-refractivity contribution in [1.29, 1.82) is 0 Å². The van der Waals surface area contributed by atoms with Crippen molar-refractivity contribution in [2.75, 3.05) is 27.4 Å². The summed E-state index contributed by atoms with van der Waals surface area (Å²) in [5, 5.41) is 0.750. The molecule has 0 N–H and O–H groups in total. The van der Waals surface area contributed by atoms with Gasteiger partial charge in [-0.25, -0.2) is 4.79 Å². The zero-order valence-electron chi connectivity index (χ0n) is 31.3. The second-order valence-electron chi connectivity index (χ2n) is 13.5. The molecule has 1 saturated heterocycles. The minimum atomic E-state index is -0.552. The fourth-order valence-electron chi connectivity index (χ4n) is 6.94. The molecule has 0 spiro atoms. The van der Waals surface area contributed by atoms with Gasteiger partial charge in [0.2, 0.25) is 5.91 Å². The van der Waals surface area contributed by atoms with Crippen molar-refractivity contribution in [1.82, 2.24) is 4.90 Å². The molecule has 3 aliphatic heterocycles. The number of esters is 1. The molecule has 7 rings (SSSR count). The Morgan fingerprint density at radius 3 is 2.45 bits per heavy atom. The number of benzene rings is 4. The number of aryl methyl sites for hydroxylation is 1. The number of β-lactam (4-membered cyclic amide) rings is 1. The third-order valence-electron chi connectivity index (χ3n) is 9.66. The van der Waals surface area contributed by atoms with Crippen LogP contribution < -0.4 is 24.4 Å². The SMILES string of the molecule is C=CCOC(=O)C1=C(/C=C/COc2ccc(COc3ccc4c(-c5ccc(OC)cc5C)c5ccc(=O)cc-5oc4c3)cc2OC)S[C@@H]2[C@@H](C(C)C)C(=O)N12. The molecular formula is C44H41NO9S. The van der Waals surface area contributed by atoms with Gasteiger partial charge in [0.15, 0.2) is 16.9 Å². The van der Waals surface area contributed by atoms with Crippen LogP contribution in [0.5, 0.6) is 23.0 Å². The molecule has 3 heterocycles. The molecule has 4 aliphatic rings. The zero-order chi connectivity index (χ0) is 38.8. The normalized spacial score (nSPS) is 16.5. The van der Waals surface area contributed by atoms with Crippen LogP contribution in [0.3, 0.4) is 0 Å². The summed E-state index contributed by atoms with van der Waals surface area (Å²) in [6.07, 6.45) is 5.09. The number of ether oxygens (including phenoxy) is 5. The van der Waals surface area contributed by atoms with Gasteiger partial charge in [0.05, 0.1) is 25.5 Å². The third kappa shape index (κ3) is 7.32. The predicted molar refractivity (Wildman–Crippen MR) is 213 cm³/mol. The fourth-order valence-corrected chi connectivity index (χ4v) is 8.56. The Morgan fingerprint density at radius 1 is 0.909 bits per heavy atom.